The van der Waals surface area contributed by atoms with Crippen molar-refractivity contribution in [2.24, 2.45) is 11.1 Å². The minimum Gasteiger partial charge on any atom is -0.337 e. The maximum absolute atomic E-state index is 12.3. The van der Waals surface area contributed by atoms with E-state index in [0.29, 0.717) is 0 Å². The van der Waals surface area contributed by atoms with Crippen LogP contribution in [0.4, 0.5) is 0 Å². The molecule has 0 saturated carbocycles. The van der Waals surface area contributed by atoms with Crippen molar-refractivity contribution in [2.45, 2.75) is 33.2 Å². The molecule has 1 saturated heterocycles. The van der Waals surface area contributed by atoms with Crippen LogP contribution in [0.1, 0.15) is 34.9 Å². The molecule has 0 aliphatic carbocycles. The van der Waals surface area contributed by atoms with Crippen molar-refractivity contribution in [3.63, 3.8) is 0 Å². The molecule has 2 N–H and O–H groups in total. The van der Waals surface area contributed by atoms with Crippen molar-refractivity contribution < 1.29 is 4.79 Å². The molecule has 1 unspecified atom stereocenters. The summed E-state index contributed by atoms with van der Waals surface area (Å²) in [5.74, 6) is 0.0931. The van der Waals surface area contributed by atoms with Crippen LogP contribution in [0.3, 0.4) is 0 Å². The maximum atomic E-state index is 12.3. The summed E-state index contributed by atoms with van der Waals surface area (Å²) in [6.45, 7) is 7.63. The third kappa shape index (κ3) is 2.50. The number of aromatic nitrogens is 1. The summed E-state index contributed by atoms with van der Waals surface area (Å²) < 4.78 is 0. The second kappa shape index (κ2) is 4.38. The number of piperidine rings is 1. The van der Waals surface area contributed by atoms with E-state index in [1.54, 1.807) is 6.20 Å². The third-order valence-corrected chi connectivity index (χ3v) is 4.33. The molecular weight excluding hydrogens is 234 g/mol. The van der Waals surface area contributed by atoms with Gasteiger partial charge in [0.05, 0.1) is 11.2 Å². The molecule has 0 radical (unpaired) electrons. The molecular formula is C12H19N3OS. The van der Waals surface area contributed by atoms with Crippen LogP contribution in [0.15, 0.2) is 6.20 Å². The van der Waals surface area contributed by atoms with Crippen LogP contribution >= 0.6 is 11.3 Å². The number of amides is 1. The molecule has 1 atom stereocenters. The lowest BCUT2D eigenvalue weighted by Gasteiger charge is -2.42. The summed E-state index contributed by atoms with van der Waals surface area (Å²) in [5, 5.41) is 0.932. The van der Waals surface area contributed by atoms with Gasteiger partial charge in [-0.3, -0.25) is 4.79 Å². The van der Waals surface area contributed by atoms with Crippen LogP contribution in [0.25, 0.3) is 0 Å². The van der Waals surface area contributed by atoms with Crippen LogP contribution in [-0.4, -0.2) is 34.9 Å². The lowest BCUT2D eigenvalue weighted by atomic mass is 9.79. The highest BCUT2D eigenvalue weighted by Gasteiger charge is 2.35. The Hall–Kier alpha value is -0.940. The molecule has 0 spiro atoms. The SMILES string of the molecule is Cc1ncc(C(=O)N2CCC(N)C(C)(C)C2)s1. The van der Waals surface area contributed by atoms with Crippen LogP contribution in [0, 0.1) is 12.3 Å². The highest BCUT2D eigenvalue weighted by molar-refractivity contribution is 7.13. The van der Waals surface area contributed by atoms with Gasteiger partial charge in [-0.25, -0.2) is 4.98 Å². The topological polar surface area (TPSA) is 59.2 Å². The quantitative estimate of drug-likeness (QED) is 0.828. The number of rotatable bonds is 1. The molecule has 0 bridgehead atoms. The van der Waals surface area contributed by atoms with Crippen LogP contribution in [-0.2, 0) is 0 Å². The number of aryl methyl sites for hydroxylation is 1. The zero-order valence-corrected chi connectivity index (χ0v) is 11.4. The van der Waals surface area contributed by atoms with Gasteiger partial charge < -0.3 is 10.6 Å². The van der Waals surface area contributed by atoms with E-state index in [-0.39, 0.29) is 17.4 Å². The Morgan fingerprint density at radius 2 is 2.35 bits per heavy atom. The Balaban J connectivity index is 2.11. The largest absolute Gasteiger partial charge is 0.337 e. The number of nitrogens with zero attached hydrogens (tertiary/aromatic N) is 2. The third-order valence-electron chi connectivity index (χ3n) is 3.43. The van der Waals surface area contributed by atoms with Gasteiger partial charge in [0.25, 0.3) is 5.91 Å². The first-order chi connectivity index (χ1) is 7.90. The fraction of sp³-hybridized carbons (Fsp3) is 0.667. The number of hydrogen-bond acceptors (Lipinski definition) is 4. The number of carbonyl (C=O) groups excluding carboxylic acids is 1. The van der Waals surface area contributed by atoms with Gasteiger partial charge in [-0.05, 0) is 18.8 Å². The summed E-state index contributed by atoms with van der Waals surface area (Å²) in [6.07, 6.45) is 2.54. The smallest absolute Gasteiger partial charge is 0.265 e. The number of carbonyl (C=O) groups is 1. The van der Waals surface area contributed by atoms with Gasteiger partial charge in [0.15, 0.2) is 0 Å². The van der Waals surface area contributed by atoms with E-state index in [1.165, 1.54) is 11.3 Å². The maximum Gasteiger partial charge on any atom is 0.265 e. The van der Waals surface area contributed by atoms with E-state index in [4.69, 9.17) is 5.73 Å². The Kier molecular flexibility index (Phi) is 3.23. The molecule has 1 amide bonds. The first-order valence-corrected chi connectivity index (χ1v) is 6.69. The molecule has 17 heavy (non-hydrogen) atoms. The van der Waals surface area contributed by atoms with Crippen LogP contribution < -0.4 is 5.73 Å². The molecule has 1 aromatic rings. The average Bonchev–Trinajstić information content (AvgIpc) is 2.68. The van der Waals surface area contributed by atoms with Crippen molar-refractivity contribution in [1.82, 2.24) is 9.88 Å². The summed E-state index contributed by atoms with van der Waals surface area (Å²) in [4.78, 5) is 19.0. The molecule has 94 valence electrons. The van der Waals surface area contributed by atoms with Crippen molar-refractivity contribution in [3.05, 3.63) is 16.1 Å². The second-order valence-corrected chi connectivity index (χ2v) is 6.59. The Morgan fingerprint density at radius 3 is 2.88 bits per heavy atom. The molecule has 1 aliphatic rings. The van der Waals surface area contributed by atoms with E-state index < -0.39 is 0 Å². The van der Waals surface area contributed by atoms with Gasteiger partial charge >= 0.3 is 0 Å². The summed E-state index contributed by atoms with van der Waals surface area (Å²) in [6, 6.07) is 0.176. The van der Waals surface area contributed by atoms with E-state index in [1.807, 2.05) is 11.8 Å². The molecule has 2 rings (SSSR count). The standard InChI is InChI=1S/C12H19N3OS/c1-8-14-6-9(17-8)11(16)15-5-4-10(13)12(2,3)7-15/h6,10H,4-5,7,13H2,1-3H3. The molecule has 1 aromatic heterocycles. The van der Waals surface area contributed by atoms with Crippen LogP contribution in [0.5, 0.6) is 0 Å². The zero-order valence-electron chi connectivity index (χ0n) is 10.6. The molecule has 5 heteroatoms. The molecule has 1 fully saturated rings. The second-order valence-electron chi connectivity index (χ2n) is 5.35. The van der Waals surface area contributed by atoms with Gasteiger partial charge in [0, 0.05) is 19.1 Å². The lowest BCUT2D eigenvalue weighted by Crippen LogP contribution is -2.53. The summed E-state index contributed by atoms with van der Waals surface area (Å²) in [5.41, 5.74) is 6.06. The Labute approximate surface area is 106 Å². The van der Waals surface area contributed by atoms with Gasteiger partial charge in [0.1, 0.15) is 4.88 Å². The Morgan fingerprint density at radius 1 is 1.65 bits per heavy atom. The first kappa shape index (κ1) is 12.5. The predicted molar refractivity (Wildman–Crippen MR) is 69.1 cm³/mol. The van der Waals surface area contributed by atoms with Gasteiger partial charge in [-0.1, -0.05) is 13.8 Å². The monoisotopic (exact) mass is 253 g/mol. The molecule has 4 nitrogen and oxygen atoms in total. The van der Waals surface area contributed by atoms with Gasteiger partial charge in [0.2, 0.25) is 0 Å². The lowest BCUT2D eigenvalue weighted by molar-refractivity contribution is 0.0537. The number of nitrogens with two attached hydrogens (primary N) is 1. The summed E-state index contributed by atoms with van der Waals surface area (Å²) >= 11 is 1.46. The van der Waals surface area contributed by atoms with Crippen molar-refractivity contribution in [1.29, 1.82) is 0 Å². The van der Waals surface area contributed by atoms with Crippen LogP contribution in [0.2, 0.25) is 0 Å². The van der Waals surface area contributed by atoms with E-state index in [9.17, 15) is 4.79 Å². The number of thiazole rings is 1. The van der Waals surface area contributed by atoms with Crippen molar-refractivity contribution >= 4 is 17.2 Å². The van der Waals surface area contributed by atoms with Gasteiger partial charge in [-0.2, -0.15) is 0 Å². The fourth-order valence-electron chi connectivity index (χ4n) is 2.16. The average molecular weight is 253 g/mol. The van der Waals surface area contributed by atoms with E-state index in [0.717, 1.165) is 29.4 Å². The summed E-state index contributed by atoms with van der Waals surface area (Å²) in [7, 11) is 0. The van der Waals surface area contributed by atoms with Gasteiger partial charge in [-0.15, -0.1) is 11.3 Å². The van der Waals surface area contributed by atoms with Crippen molar-refractivity contribution in [2.75, 3.05) is 13.1 Å². The normalized spacial score (nSPS) is 23.8. The number of likely N-dealkylation sites (tertiary alicyclic amines) is 1. The van der Waals surface area contributed by atoms with E-state index >= 15 is 0 Å². The molecule has 2 heterocycles. The predicted octanol–water partition coefficient (Wildman–Crippen LogP) is 1.65. The number of hydrogen-bond donors (Lipinski definition) is 1. The fourth-order valence-corrected chi connectivity index (χ4v) is 2.91. The zero-order chi connectivity index (χ0) is 12.6. The van der Waals surface area contributed by atoms with Crippen molar-refractivity contribution in [3.8, 4) is 0 Å². The first-order valence-electron chi connectivity index (χ1n) is 5.87. The Bertz CT molecular complexity index is 427. The molecule has 0 aromatic carbocycles. The highest BCUT2D eigenvalue weighted by Crippen LogP contribution is 2.29. The highest BCUT2D eigenvalue weighted by atomic mass is 32.1. The minimum absolute atomic E-state index is 0.00631. The van der Waals surface area contributed by atoms with E-state index in [2.05, 4.69) is 18.8 Å². The molecule has 1 aliphatic heterocycles. The minimum atomic E-state index is -0.00631.